The van der Waals surface area contributed by atoms with Crippen molar-refractivity contribution in [1.29, 1.82) is 0 Å². The zero-order valence-electron chi connectivity index (χ0n) is 5.04. The van der Waals surface area contributed by atoms with Crippen molar-refractivity contribution < 1.29 is 4.42 Å². The standard InChI is InChI=1S/C7H4INO/c8-5-2-1-3-6-7(5)10-4-9-6/h1-4H. The van der Waals surface area contributed by atoms with Crippen molar-refractivity contribution in [3.63, 3.8) is 0 Å². The summed E-state index contributed by atoms with van der Waals surface area (Å²) in [5.41, 5.74) is 1.80. The molecule has 0 saturated heterocycles. The number of aromatic nitrogens is 1. The van der Waals surface area contributed by atoms with E-state index in [-0.39, 0.29) is 0 Å². The summed E-state index contributed by atoms with van der Waals surface area (Å²) in [6.07, 6.45) is 1.47. The van der Waals surface area contributed by atoms with Crippen LogP contribution < -0.4 is 0 Å². The summed E-state index contributed by atoms with van der Waals surface area (Å²) in [4.78, 5) is 4.01. The minimum Gasteiger partial charge on any atom is -0.442 e. The maximum absolute atomic E-state index is 5.13. The summed E-state index contributed by atoms with van der Waals surface area (Å²) >= 11 is 2.22. The Morgan fingerprint density at radius 2 is 2.30 bits per heavy atom. The van der Waals surface area contributed by atoms with Gasteiger partial charge in [0.05, 0.1) is 3.57 Å². The predicted octanol–water partition coefficient (Wildman–Crippen LogP) is 2.43. The third-order valence-corrected chi connectivity index (χ3v) is 2.16. The second-order valence-electron chi connectivity index (χ2n) is 1.94. The number of nitrogens with zero attached hydrogens (tertiary/aromatic N) is 1. The second kappa shape index (κ2) is 2.23. The van der Waals surface area contributed by atoms with E-state index in [0.29, 0.717) is 0 Å². The highest BCUT2D eigenvalue weighted by Crippen LogP contribution is 2.18. The molecule has 1 aromatic carbocycles. The van der Waals surface area contributed by atoms with Gasteiger partial charge in [-0.25, -0.2) is 4.98 Å². The van der Waals surface area contributed by atoms with Crippen molar-refractivity contribution in [2.45, 2.75) is 0 Å². The summed E-state index contributed by atoms with van der Waals surface area (Å²) in [5.74, 6) is 0. The fraction of sp³-hybridized carbons (Fsp3) is 0. The van der Waals surface area contributed by atoms with Gasteiger partial charge in [-0.2, -0.15) is 0 Å². The van der Waals surface area contributed by atoms with Crippen molar-refractivity contribution in [2.24, 2.45) is 0 Å². The van der Waals surface area contributed by atoms with Gasteiger partial charge in [-0.05, 0) is 34.7 Å². The van der Waals surface area contributed by atoms with Crippen LogP contribution in [0.15, 0.2) is 29.0 Å². The average molecular weight is 245 g/mol. The molecule has 0 aliphatic rings. The molecule has 0 N–H and O–H groups in total. The van der Waals surface area contributed by atoms with Crippen molar-refractivity contribution >= 4 is 33.7 Å². The number of oxazole rings is 1. The van der Waals surface area contributed by atoms with Crippen LogP contribution in [0.1, 0.15) is 0 Å². The zero-order chi connectivity index (χ0) is 6.97. The molecule has 0 atom stereocenters. The molecular formula is C7H4INO. The van der Waals surface area contributed by atoms with Crippen molar-refractivity contribution in [3.8, 4) is 0 Å². The van der Waals surface area contributed by atoms with Gasteiger partial charge in [0.1, 0.15) is 5.52 Å². The van der Waals surface area contributed by atoms with Gasteiger partial charge < -0.3 is 4.42 Å². The fourth-order valence-electron chi connectivity index (χ4n) is 0.852. The van der Waals surface area contributed by atoms with Crippen LogP contribution in [0.5, 0.6) is 0 Å². The normalized spacial score (nSPS) is 10.5. The fourth-order valence-corrected chi connectivity index (χ4v) is 1.46. The van der Waals surface area contributed by atoms with Gasteiger partial charge in [-0.15, -0.1) is 0 Å². The predicted molar refractivity (Wildman–Crippen MR) is 46.7 cm³/mol. The molecule has 0 amide bonds. The van der Waals surface area contributed by atoms with Crippen molar-refractivity contribution in [2.75, 3.05) is 0 Å². The van der Waals surface area contributed by atoms with Gasteiger partial charge in [0.25, 0.3) is 0 Å². The first-order valence-electron chi connectivity index (χ1n) is 2.85. The lowest BCUT2D eigenvalue weighted by Crippen LogP contribution is -1.70. The van der Waals surface area contributed by atoms with Gasteiger partial charge in [-0.3, -0.25) is 0 Å². The average Bonchev–Trinajstić information content (AvgIpc) is 2.36. The van der Waals surface area contributed by atoms with Gasteiger partial charge in [0.2, 0.25) is 0 Å². The zero-order valence-corrected chi connectivity index (χ0v) is 7.20. The number of rotatable bonds is 0. The second-order valence-corrected chi connectivity index (χ2v) is 3.10. The van der Waals surface area contributed by atoms with Crippen LogP contribution >= 0.6 is 22.6 Å². The molecule has 1 aromatic heterocycles. The smallest absolute Gasteiger partial charge is 0.182 e. The van der Waals surface area contributed by atoms with E-state index < -0.39 is 0 Å². The van der Waals surface area contributed by atoms with E-state index in [9.17, 15) is 0 Å². The lowest BCUT2D eigenvalue weighted by molar-refractivity contribution is 0.600. The van der Waals surface area contributed by atoms with E-state index in [2.05, 4.69) is 27.6 Å². The molecule has 1 heterocycles. The molecule has 50 valence electrons. The van der Waals surface area contributed by atoms with Crippen LogP contribution in [0.4, 0.5) is 0 Å². The summed E-state index contributed by atoms with van der Waals surface area (Å²) in [6.45, 7) is 0. The third-order valence-electron chi connectivity index (χ3n) is 1.31. The van der Waals surface area contributed by atoms with Crippen LogP contribution in [0.2, 0.25) is 0 Å². The molecule has 0 unspecified atom stereocenters. The number of para-hydroxylation sites is 1. The Balaban J connectivity index is 2.95. The van der Waals surface area contributed by atoms with Crippen LogP contribution in [0.3, 0.4) is 0 Å². The number of hydrogen-bond donors (Lipinski definition) is 0. The molecule has 0 aliphatic heterocycles. The summed E-state index contributed by atoms with van der Waals surface area (Å²) in [6, 6.07) is 5.89. The molecule has 0 bridgehead atoms. The minimum atomic E-state index is 0.878. The summed E-state index contributed by atoms with van der Waals surface area (Å²) in [5, 5.41) is 0. The highest BCUT2D eigenvalue weighted by Gasteiger charge is 1.99. The van der Waals surface area contributed by atoms with Gasteiger partial charge >= 0.3 is 0 Å². The molecule has 0 saturated carbocycles. The van der Waals surface area contributed by atoms with Gasteiger partial charge in [0, 0.05) is 0 Å². The Morgan fingerprint density at radius 3 is 3.10 bits per heavy atom. The Hall–Kier alpha value is -0.580. The van der Waals surface area contributed by atoms with Gasteiger partial charge in [0.15, 0.2) is 12.0 Å². The molecule has 2 aromatic rings. The lowest BCUT2D eigenvalue weighted by Gasteiger charge is -1.87. The van der Waals surface area contributed by atoms with E-state index in [1.54, 1.807) is 0 Å². The van der Waals surface area contributed by atoms with E-state index in [4.69, 9.17) is 4.42 Å². The van der Waals surface area contributed by atoms with Crippen LogP contribution in [-0.4, -0.2) is 4.98 Å². The van der Waals surface area contributed by atoms with E-state index in [0.717, 1.165) is 14.7 Å². The Labute approximate surface area is 71.4 Å². The van der Waals surface area contributed by atoms with E-state index in [1.807, 2.05) is 18.2 Å². The molecule has 0 aliphatic carbocycles. The lowest BCUT2D eigenvalue weighted by atomic mass is 10.3. The molecule has 10 heavy (non-hydrogen) atoms. The molecule has 0 radical (unpaired) electrons. The highest BCUT2D eigenvalue weighted by atomic mass is 127. The minimum absolute atomic E-state index is 0.878. The summed E-state index contributed by atoms with van der Waals surface area (Å²) in [7, 11) is 0. The molecule has 3 heteroatoms. The first kappa shape index (κ1) is 6.15. The van der Waals surface area contributed by atoms with Crippen LogP contribution in [-0.2, 0) is 0 Å². The largest absolute Gasteiger partial charge is 0.442 e. The number of halogens is 1. The molecule has 0 spiro atoms. The first-order chi connectivity index (χ1) is 4.88. The third kappa shape index (κ3) is 0.811. The van der Waals surface area contributed by atoms with Gasteiger partial charge in [-0.1, -0.05) is 6.07 Å². The SMILES string of the molecule is Ic1cccc2ncoc12. The van der Waals surface area contributed by atoms with E-state index in [1.165, 1.54) is 6.39 Å². The molecule has 2 nitrogen and oxygen atoms in total. The molecular weight excluding hydrogens is 241 g/mol. The van der Waals surface area contributed by atoms with Crippen molar-refractivity contribution in [3.05, 3.63) is 28.2 Å². The summed E-state index contributed by atoms with van der Waals surface area (Å²) < 4.78 is 6.23. The van der Waals surface area contributed by atoms with Crippen LogP contribution in [0, 0.1) is 3.57 Å². The van der Waals surface area contributed by atoms with Crippen molar-refractivity contribution in [1.82, 2.24) is 4.98 Å². The number of benzene rings is 1. The van der Waals surface area contributed by atoms with E-state index >= 15 is 0 Å². The highest BCUT2D eigenvalue weighted by molar-refractivity contribution is 14.1. The quantitative estimate of drug-likeness (QED) is 0.666. The first-order valence-corrected chi connectivity index (χ1v) is 3.93. The number of fused-ring (bicyclic) bond motifs is 1. The molecule has 0 fully saturated rings. The Morgan fingerprint density at radius 1 is 1.40 bits per heavy atom. The maximum Gasteiger partial charge on any atom is 0.182 e. The number of hydrogen-bond acceptors (Lipinski definition) is 2. The molecule has 2 rings (SSSR count). The Bertz CT molecular complexity index is 355. The topological polar surface area (TPSA) is 26.0 Å². The monoisotopic (exact) mass is 245 g/mol. The maximum atomic E-state index is 5.13. The Kier molecular flexibility index (Phi) is 1.37. The van der Waals surface area contributed by atoms with Crippen LogP contribution in [0.25, 0.3) is 11.1 Å².